The minimum Gasteiger partial charge on any atom is -0.423 e. The fourth-order valence-corrected chi connectivity index (χ4v) is 7.39. The summed E-state index contributed by atoms with van der Waals surface area (Å²) >= 11 is 2.23. The van der Waals surface area contributed by atoms with Crippen LogP contribution >= 0.6 is 22.6 Å². The number of fused-ring (bicyclic) bond motifs is 5. The lowest BCUT2D eigenvalue weighted by molar-refractivity contribution is -0.0708. The van der Waals surface area contributed by atoms with Gasteiger partial charge in [-0.2, -0.15) is 0 Å². The summed E-state index contributed by atoms with van der Waals surface area (Å²) in [7, 11) is 0. The van der Waals surface area contributed by atoms with Gasteiger partial charge in [-0.3, -0.25) is 0 Å². The quantitative estimate of drug-likeness (QED) is 0.283. The van der Waals surface area contributed by atoms with Crippen LogP contribution in [0.3, 0.4) is 0 Å². The molecule has 5 atom stereocenters. The minimum absolute atomic E-state index is 0.0293. The van der Waals surface area contributed by atoms with Crippen LogP contribution in [-0.2, 0) is 6.42 Å². The summed E-state index contributed by atoms with van der Waals surface area (Å²) in [6.07, 6.45) is 8.36. The lowest BCUT2D eigenvalue weighted by Crippen LogP contribution is -2.49. The monoisotopic (exact) mass is 528 g/mol. The maximum atomic E-state index is 12.4. The number of hydrogen-bond acceptors (Lipinski definition) is 3. The van der Waals surface area contributed by atoms with Crippen LogP contribution in [0.5, 0.6) is 5.75 Å². The number of ether oxygens (including phenoxy) is 1. The van der Waals surface area contributed by atoms with Gasteiger partial charge in [0, 0.05) is 5.41 Å². The molecule has 0 aliphatic heterocycles. The van der Waals surface area contributed by atoms with E-state index in [0.717, 1.165) is 38.5 Å². The molecule has 31 heavy (non-hydrogen) atoms. The highest BCUT2D eigenvalue weighted by Gasteiger charge is 2.60. The van der Waals surface area contributed by atoms with Crippen LogP contribution in [0.15, 0.2) is 58.7 Å². The van der Waals surface area contributed by atoms with E-state index in [1.165, 1.54) is 11.1 Å². The summed E-state index contributed by atoms with van der Waals surface area (Å²) in [5.41, 5.74) is 2.63. The fourth-order valence-electron chi connectivity index (χ4n) is 6.79. The zero-order chi connectivity index (χ0) is 21.6. The molecule has 0 spiro atoms. The number of esters is 1. The minimum atomic E-state index is -0.667. The molecule has 5 rings (SSSR count). The largest absolute Gasteiger partial charge is 0.423 e. The smallest absolute Gasteiger partial charge is 0.343 e. The average Bonchev–Trinajstić information content (AvgIpc) is 3.05. The second-order valence-corrected chi connectivity index (χ2v) is 10.5. The van der Waals surface area contributed by atoms with Crippen molar-refractivity contribution in [3.05, 3.63) is 75.4 Å². The van der Waals surface area contributed by atoms with E-state index in [-0.39, 0.29) is 11.4 Å². The molecule has 4 heteroatoms. The molecule has 3 nitrogen and oxygen atoms in total. The van der Waals surface area contributed by atoms with Gasteiger partial charge in [0.05, 0.1) is 11.2 Å². The normalized spacial score (nSPS) is 34.1. The SMILES string of the molecule is C[C@]12CC[C@@H]3c4ccc(OC(=O)c5ccccc5)cc4CC[C@H]3[C@@H]1CC[C@@]2(O)/C=C\I. The first-order chi connectivity index (χ1) is 14.9. The third kappa shape index (κ3) is 3.46. The van der Waals surface area contributed by atoms with Crippen molar-refractivity contribution in [2.45, 2.75) is 57.0 Å². The number of halogens is 1. The number of carbonyl (C=O) groups excluding carboxylic acids is 1. The van der Waals surface area contributed by atoms with Crippen LogP contribution in [-0.4, -0.2) is 16.7 Å². The highest BCUT2D eigenvalue weighted by Crippen LogP contribution is 2.64. The number of carbonyl (C=O) groups is 1. The van der Waals surface area contributed by atoms with Crippen molar-refractivity contribution < 1.29 is 14.6 Å². The topological polar surface area (TPSA) is 46.5 Å². The first kappa shape index (κ1) is 21.2. The van der Waals surface area contributed by atoms with Crippen LogP contribution in [0.25, 0.3) is 0 Å². The fraction of sp³-hybridized carbons (Fsp3) is 0.444. The van der Waals surface area contributed by atoms with Crippen LogP contribution in [0.2, 0.25) is 0 Å². The van der Waals surface area contributed by atoms with Gasteiger partial charge >= 0.3 is 5.97 Å². The molecule has 1 N–H and O–H groups in total. The first-order valence-corrected chi connectivity index (χ1v) is 12.6. The van der Waals surface area contributed by atoms with Crippen molar-refractivity contribution in [1.82, 2.24) is 0 Å². The standard InChI is InChI=1S/C27H29IO3/c1-26-13-11-22-21-10-8-20(31-25(29)18-5-3-2-4-6-18)17-19(21)7-9-23(22)24(26)12-14-27(26,30)15-16-28/h2-6,8,10,15-17,22-24,30H,7,9,11-14H2,1H3/b16-15-/t22-,23-,24+,26+,27-/m1/s1. The second-order valence-electron chi connectivity index (χ2n) is 9.74. The summed E-state index contributed by atoms with van der Waals surface area (Å²) in [6, 6.07) is 15.4. The predicted octanol–water partition coefficient (Wildman–Crippen LogP) is 6.44. The molecule has 162 valence electrons. The van der Waals surface area contributed by atoms with Gasteiger partial charge in [-0.1, -0.05) is 53.8 Å². The number of hydrogen-bond donors (Lipinski definition) is 1. The molecule has 0 heterocycles. The summed E-state index contributed by atoms with van der Waals surface area (Å²) in [5.74, 6) is 2.06. The zero-order valence-electron chi connectivity index (χ0n) is 17.9. The van der Waals surface area contributed by atoms with E-state index in [9.17, 15) is 9.90 Å². The van der Waals surface area contributed by atoms with E-state index >= 15 is 0 Å². The van der Waals surface area contributed by atoms with Crippen molar-refractivity contribution in [3.8, 4) is 5.75 Å². The van der Waals surface area contributed by atoms with Gasteiger partial charge in [-0.05, 0) is 102 Å². The predicted molar refractivity (Wildman–Crippen MR) is 131 cm³/mol. The average molecular weight is 528 g/mol. The molecule has 2 aromatic rings. The maximum Gasteiger partial charge on any atom is 0.343 e. The molecule has 2 fully saturated rings. The highest BCUT2D eigenvalue weighted by atomic mass is 127. The van der Waals surface area contributed by atoms with Crippen molar-refractivity contribution >= 4 is 28.6 Å². The van der Waals surface area contributed by atoms with Gasteiger partial charge in [0.1, 0.15) is 5.75 Å². The molecule has 0 bridgehead atoms. The van der Waals surface area contributed by atoms with Crippen LogP contribution < -0.4 is 4.74 Å². The van der Waals surface area contributed by atoms with Crippen LogP contribution in [0, 0.1) is 17.3 Å². The number of aliphatic hydroxyl groups is 1. The Bertz CT molecular complexity index is 1020. The Labute approximate surface area is 198 Å². The number of rotatable bonds is 3. The Morgan fingerprint density at radius 3 is 2.71 bits per heavy atom. The molecule has 0 unspecified atom stereocenters. The Morgan fingerprint density at radius 2 is 1.94 bits per heavy atom. The second kappa shape index (κ2) is 8.04. The summed E-state index contributed by atoms with van der Waals surface area (Å²) in [5, 5.41) is 11.4. The van der Waals surface area contributed by atoms with Gasteiger partial charge in [-0.15, -0.1) is 0 Å². The Balaban J connectivity index is 1.37. The maximum absolute atomic E-state index is 12.4. The number of benzene rings is 2. The summed E-state index contributed by atoms with van der Waals surface area (Å²) in [4.78, 5) is 12.4. The van der Waals surface area contributed by atoms with Crippen LogP contribution in [0.1, 0.15) is 66.4 Å². The van der Waals surface area contributed by atoms with Gasteiger partial charge in [0.2, 0.25) is 0 Å². The summed E-state index contributed by atoms with van der Waals surface area (Å²) in [6.45, 7) is 2.32. The Hall–Kier alpha value is -1.66. The van der Waals surface area contributed by atoms with Crippen LogP contribution in [0.4, 0.5) is 0 Å². The summed E-state index contributed by atoms with van der Waals surface area (Å²) < 4.78 is 7.65. The molecule has 2 saturated carbocycles. The molecule has 0 aromatic heterocycles. The van der Waals surface area contributed by atoms with Crippen molar-refractivity contribution in [3.63, 3.8) is 0 Å². The lowest BCUT2D eigenvalue weighted by atomic mass is 9.53. The van der Waals surface area contributed by atoms with Gasteiger partial charge in [-0.25, -0.2) is 4.79 Å². The van der Waals surface area contributed by atoms with Crippen molar-refractivity contribution in [2.24, 2.45) is 17.3 Å². The van der Waals surface area contributed by atoms with Crippen molar-refractivity contribution in [1.29, 1.82) is 0 Å². The third-order valence-corrected chi connectivity index (χ3v) is 8.83. The first-order valence-electron chi connectivity index (χ1n) is 11.4. The van der Waals surface area contributed by atoms with E-state index in [2.05, 4.69) is 41.6 Å². The molecule has 3 aliphatic rings. The third-order valence-electron chi connectivity index (χ3n) is 8.47. The molecule has 2 aromatic carbocycles. The van der Waals surface area contributed by atoms with E-state index in [0.29, 0.717) is 29.1 Å². The Kier molecular flexibility index (Phi) is 5.50. The lowest BCUT2D eigenvalue weighted by Gasteiger charge is -2.52. The Morgan fingerprint density at radius 1 is 1.13 bits per heavy atom. The number of aryl methyl sites for hydroxylation is 1. The van der Waals surface area contributed by atoms with E-state index < -0.39 is 5.60 Å². The molecule has 0 amide bonds. The van der Waals surface area contributed by atoms with E-state index in [1.54, 1.807) is 12.1 Å². The molecule has 0 saturated heterocycles. The molecule has 0 radical (unpaired) electrons. The molecule has 3 aliphatic carbocycles. The highest BCUT2D eigenvalue weighted by molar-refractivity contribution is 14.1. The zero-order valence-corrected chi connectivity index (χ0v) is 20.0. The van der Waals surface area contributed by atoms with Gasteiger partial charge in [0.15, 0.2) is 0 Å². The molecular weight excluding hydrogens is 499 g/mol. The van der Waals surface area contributed by atoms with Gasteiger partial charge in [0.25, 0.3) is 0 Å². The molecular formula is C27H29IO3. The van der Waals surface area contributed by atoms with Crippen molar-refractivity contribution in [2.75, 3.05) is 0 Å². The van der Waals surface area contributed by atoms with E-state index in [4.69, 9.17) is 4.74 Å². The van der Waals surface area contributed by atoms with Gasteiger partial charge < -0.3 is 9.84 Å². The van der Waals surface area contributed by atoms with E-state index in [1.807, 2.05) is 34.4 Å².